The zero-order valence-electron chi connectivity index (χ0n) is 15.5. The van der Waals surface area contributed by atoms with Crippen LogP contribution in [0.25, 0.3) is 21.8 Å². The zero-order chi connectivity index (χ0) is 20.4. The smallest absolute Gasteiger partial charge is 0.258 e. The summed E-state index contributed by atoms with van der Waals surface area (Å²) in [4.78, 5) is 15.2. The molecule has 0 aliphatic carbocycles. The van der Waals surface area contributed by atoms with Gasteiger partial charge in [-0.2, -0.15) is 4.31 Å². The fourth-order valence-electron chi connectivity index (χ4n) is 3.32. The predicted molar refractivity (Wildman–Crippen MR) is 112 cm³/mol. The number of sulfonamides is 1. The monoisotopic (exact) mass is 429 g/mol. The lowest BCUT2D eigenvalue weighted by Gasteiger charge is -2.25. The predicted octanol–water partition coefficient (Wildman–Crippen LogP) is 4.56. The van der Waals surface area contributed by atoms with E-state index in [4.69, 9.17) is 0 Å². The number of aromatic nitrogens is 1. The number of benzene rings is 2. The van der Waals surface area contributed by atoms with E-state index in [-0.39, 0.29) is 5.69 Å². The van der Waals surface area contributed by atoms with Crippen molar-refractivity contribution in [2.24, 2.45) is 0 Å². The molecule has 2 aromatic carbocycles. The van der Waals surface area contributed by atoms with Crippen molar-refractivity contribution < 1.29 is 13.3 Å². The van der Waals surface area contributed by atoms with E-state index in [1.807, 2.05) is 5.38 Å². The third-order valence-electron chi connectivity index (χ3n) is 4.93. The van der Waals surface area contributed by atoms with Gasteiger partial charge in [0.25, 0.3) is 5.69 Å². The van der Waals surface area contributed by atoms with Gasteiger partial charge in [0.1, 0.15) is 5.01 Å². The van der Waals surface area contributed by atoms with Gasteiger partial charge in [-0.3, -0.25) is 10.1 Å². The van der Waals surface area contributed by atoms with Crippen LogP contribution < -0.4 is 0 Å². The molecule has 9 heteroatoms. The Kier molecular flexibility index (Phi) is 5.44. The zero-order valence-corrected chi connectivity index (χ0v) is 17.2. The van der Waals surface area contributed by atoms with Crippen molar-refractivity contribution in [2.75, 3.05) is 13.1 Å². The SMILES string of the molecule is O=[N+]([O-])c1ccc(-c2nc(-c3ccc(S(=O)(=O)N4CCCCC4)cc3)cs2)cc1. The topological polar surface area (TPSA) is 93.4 Å². The van der Waals surface area contributed by atoms with Crippen LogP contribution in [0, 0.1) is 10.1 Å². The van der Waals surface area contributed by atoms with Gasteiger partial charge in [-0.15, -0.1) is 11.3 Å². The first kappa shape index (κ1) is 19.7. The van der Waals surface area contributed by atoms with E-state index in [2.05, 4.69) is 4.98 Å². The Bertz CT molecular complexity index is 1120. The molecule has 0 amide bonds. The summed E-state index contributed by atoms with van der Waals surface area (Å²) >= 11 is 1.44. The summed E-state index contributed by atoms with van der Waals surface area (Å²) in [7, 11) is -3.45. The van der Waals surface area contributed by atoms with Crippen molar-refractivity contribution in [2.45, 2.75) is 24.2 Å². The van der Waals surface area contributed by atoms with Gasteiger partial charge in [0.05, 0.1) is 15.5 Å². The van der Waals surface area contributed by atoms with Gasteiger partial charge in [0, 0.05) is 41.7 Å². The standard InChI is InChI=1S/C20H19N3O4S2/c24-23(25)17-8-4-16(5-9-17)20-21-19(14-28-20)15-6-10-18(11-7-15)29(26,27)22-12-2-1-3-13-22/h4-11,14H,1-3,12-13H2. The minimum Gasteiger partial charge on any atom is -0.258 e. The number of rotatable bonds is 5. The molecule has 7 nitrogen and oxygen atoms in total. The van der Waals surface area contributed by atoms with E-state index in [1.54, 1.807) is 40.7 Å². The Labute approximate surface area is 172 Å². The van der Waals surface area contributed by atoms with Crippen LogP contribution >= 0.6 is 11.3 Å². The molecule has 1 fully saturated rings. The van der Waals surface area contributed by atoms with E-state index in [9.17, 15) is 18.5 Å². The minimum absolute atomic E-state index is 0.0380. The molecule has 0 radical (unpaired) electrons. The lowest BCUT2D eigenvalue weighted by atomic mass is 10.2. The van der Waals surface area contributed by atoms with Crippen LogP contribution in [-0.4, -0.2) is 35.7 Å². The number of hydrogen-bond acceptors (Lipinski definition) is 6. The number of thiazole rings is 1. The van der Waals surface area contributed by atoms with Crippen molar-refractivity contribution in [1.29, 1.82) is 0 Å². The fourth-order valence-corrected chi connectivity index (χ4v) is 5.67. The maximum absolute atomic E-state index is 12.8. The van der Waals surface area contributed by atoms with Crippen LogP contribution in [0.2, 0.25) is 0 Å². The maximum atomic E-state index is 12.8. The Balaban J connectivity index is 1.55. The molecule has 0 saturated carbocycles. The van der Waals surface area contributed by atoms with Crippen LogP contribution in [-0.2, 0) is 10.0 Å². The number of nitro benzene ring substituents is 1. The quantitative estimate of drug-likeness (QED) is 0.438. The Morgan fingerprint density at radius 1 is 0.931 bits per heavy atom. The Morgan fingerprint density at radius 3 is 2.17 bits per heavy atom. The highest BCUT2D eigenvalue weighted by atomic mass is 32.2. The maximum Gasteiger partial charge on any atom is 0.269 e. The van der Waals surface area contributed by atoms with E-state index >= 15 is 0 Å². The van der Waals surface area contributed by atoms with E-state index in [0.29, 0.717) is 18.0 Å². The van der Waals surface area contributed by atoms with E-state index < -0.39 is 14.9 Å². The molecular formula is C20H19N3O4S2. The van der Waals surface area contributed by atoms with Crippen molar-refractivity contribution in [3.63, 3.8) is 0 Å². The number of piperidine rings is 1. The molecule has 0 bridgehead atoms. The van der Waals surface area contributed by atoms with Crippen LogP contribution in [0.1, 0.15) is 19.3 Å². The van der Waals surface area contributed by atoms with Gasteiger partial charge in [-0.05, 0) is 37.1 Å². The number of non-ortho nitro benzene ring substituents is 1. The van der Waals surface area contributed by atoms with Gasteiger partial charge in [-0.25, -0.2) is 13.4 Å². The summed E-state index contributed by atoms with van der Waals surface area (Å²) in [5.74, 6) is 0. The average molecular weight is 430 g/mol. The Morgan fingerprint density at radius 2 is 1.55 bits per heavy atom. The van der Waals surface area contributed by atoms with Crippen molar-refractivity contribution in [1.82, 2.24) is 9.29 Å². The van der Waals surface area contributed by atoms with Crippen LogP contribution in [0.3, 0.4) is 0 Å². The van der Waals surface area contributed by atoms with Crippen LogP contribution in [0.5, 0.6) is 0 Å². The van der Waals surface area contributed by atoms with Gasteiger partial charge in [-0.1, -0.05) is 18.6 Å². The van der Waals surface area contributed by atoms with Crippen LogP contribution in [0.15, 0.2) is 58.8 Å². The first-order chi connectivity index (χ1) is 13.9. The molecule has 1 aromatic heterocycles. The molecule has 1 aliphatic rings. The van der Waals surface area contributed by atoms with Crippen molar-refractivity contribution >= 4 is 27.0 Å². The highest BCUT2D eigenvalue weighted by Crippen LogP contribution is 2.31. The van der Waals surface area contributed by atoms with E-state index in [1.165, 1.54) is 23.5 Å². The second-order valence-corrected chi connectivity index (χ2v) is 9.63. The largest absolute Gasteiger partial charge is 0.269 e. The average Bonchev–Trinajstić information content (AvgIpc) is 3.25. The number of hydrogen-bond donors (Lipinski definition) is 0. The molecule has 29 heavy (non-hydrogen) atoms. The molecule has 1 saturated heterocycles. The molecule has 0 spiro atoms. The fraction of sp³-hybridized carbons (Fsp3) is 0.250. The number of nitrogens with zero attached hydrogens (tertiary/aromatic N) is 3. The second kappa shape index (κ2) is 8.02. The summed E-state index contributed by atoms with van der Waals surface area (Å²) in [6, 6.07) is 13.1. The van der Waals surface area contributed by atoms with Crippen molar-refractivity contribution in [3.8, 4) is 21.8 Å². The summed E-state index contributed by atoms with van der Waals surface area (Å²) in [6.07, 6.45) is 2.88. The molecule has 0 N–H and O–H groups in total. The summed E-state index contributed by atoms with van der Waals surface area (Å²) in [6.45, 7) is 1.16. The molecule has 150 valence electrons. The molecule has 0 atom stereocenters. The molecule has 2 heterocycles. The lowest BCUT2D eigenvalue weighted by molar-refractivity contribution is -0.384. The highest BCUT2D eigenvalue weighted by Gasteiger charge is 2.25. The molecule has 1 aliphatic heterocycles. The molecule has 0 unspecified atom stereocenters. The first-order valence-corrected chi connectivity index (χ1v) is 11.6. The van der Waals surface area contributed by atoms with Crippen molar-refractivity contribution in [3.05, 3.63) is 64.0 Å². The van der Waals surface area contributed by atoms with Gasteiger partial charge in [0.2, 0.25) is 10.0 Å². The van der Waals surface area contributed by atoms with Gasteiger partial charge < -0.3 is 0 Å². The molecule has 4 rings (SSSR count). The minimum atomic E-state index is -3.45. The number of nitro groups is 1. The van der Waals surface area contributed by atoms with E-state index in [0.717, 1.165) is 41.1 Å². The summed E-state index contributed by atoms with van der Waals surface area (Å²) in [5.41, 5.74) is 2.41. The summed E-state index contributed by atoms with van der Waals surface area (Å²) in [5, 5.41) is 13.4. The second-order valence-electron chi connectivity index (χ2n) is 6.83. The highest BCUT2D eigenvalue weighted by molar-refractivity contribution is 7.89. The molecular weight excluding hydrogens is 410 g/mol. The van der Waals surface area contributed by atoms with Gasteiger partial charge in [0.15, 0.2) is 0 Å². The van der Waals surface area contributed by atoms with Gasteiger partial charge >= 0.3 is 0 Å². The molecule has 3 aromatic rings. The first-order valence-electron chi connectivity index (χ1n) is 9.26. The Hall–Kier alpha value is -2.62. The normalized spacial score (nSPS) is 15.3. The summed E-state index contributed by atoms with van der Waals surface area (Å²) < 4.78 is 27.1. The lowest BCUT2D eigenvalue weighted by Crippen LogP contribution is -2.35. The third kappa shape index (κ3) is 4.07. The van der Waals surface area contributed by atoms with Crippen LogP contribution in [0.4, 0.5) is 5.69 Å². The third-order valence-corrected chi connectivity index (χ3v) is 7.74.